The summed E-state index contributed by atoms with van der Waals surface area (Å²) in [4.78, 5) is 14.1. The molecule has 1 aromatic rings. The van der Waals surface area contributed by atoms with Crippen molar-refractivity contribution in [2.24, 2.45) is 0 Å². The molecule has 3 N–H and O–H groups in total. The first-order valence-corrected chi connectivity index (χ1v) is 5.24. The Morgan fingerprint density at radius 3 is 2.83 bits per heavy atom. The third-order valence-electron chi connectivity index (χ3n) is 2.24. The van der Waals surface area contributed by atoms with Crippen molar-refractivity contribution in [2.75, 3.05) is 38.4 Å². The molecule has 0 radical (unpaired) electrons. The Balaban J connectivity index is 2.69. The average molecular weight is 256 g/mol. The second-order valence-corrected chi connectivity index (χ2v) is 3.59. The van der Waals surface area contributed by atoms with Crippen molar-refractivity contribution < 1.29 is 14.4 Å². The summed E-state index contributed by atoms with van der Waals surface area (Å²) in [6, 6.07) is 2.52. The average Bonchev–Trinajstić information content (AvgIpc) is 2.33. The van der Waals surface area contributed by atoms with E-state index in [1.165, 1.54) is 12.1 Å². The number of nitrogens with zero attached hydrogens (tertiary/aromatic N) is 2. The first kappa shape index (κ1) is 14.1. The maximum absolute atomic E-state index is 10.7. The van der Waals surface area contributed by atoms with E-state index >= 15 is 0 Å². The van der Waals surface area contributed by atoms with E-state index in [2.05, 4.69) is 10.3 Å². The predicted molar refractivity (Wildman–Crippen MR) is 66.5 cm³/mol. The zero-order chi connectivity index (χ0) is 13.5. The minimum absolute atomic E-state index is 0.0902. The van der Waals surface area contributed by atoms with Gasteiger partial charge in [0.1, 0.15) is 11.6 Å². The number of ether oxygens (including phenoxy) is 2. The maximum Gasteiger partial charge on any atom is 0.276 e. The number of pyridine rings is 1. The maximum atomic E-state index is 10.7. The number of rotatable bonds is 7. The molecule has 0 saturated carbocycles. The van der Waals surface area contributed by atoms with Crippen LogP contribution in [0.3, 0.4) is 0 Å². The molecule has 8 heteroatoms. The van der Waals surface area contributed by atoms with Gasteiger partial charge in [-0.25, -0.2) is 4.98 Å². The third-order valence-corrected chi connectivity index (χ3v) is 2.24. The van der Waals surface area contributed by atoms with Crippen molar-refractivity contribution in [3.63, 3.8) is 0 Å². The molecule has 1 aromatic heterocycles. The standard InChI is InChI=1S/C10H16N4O4/c1-17-6-8(18-2)5-12-10-4-7(14(15)16)3-9(11)13-10/h3-4,8H,5-6H2,1-2H3,(H3,11,12,13). The lowest BCUT2D eigenvalue weighted by Gasteiger charge is -2.15. The second kappa shape index (κ2) is 6.72. The molecule has 0 fully saturated rings. The molecule has 0 bridgehead atoms. The van der Waals surface area contributed by atoms with Crippen LogP contribution in [0.25, 0.3) is 0 Å². The number of aromatic nitrogens is 1. The topological polar surface area (TPSA) is 113 Å². The molecule has 1 atom stereocenters. The van der Waals surface area contributed by atoms with Gasteiger partial charge >= 0.3 is 0 Å². The fourth-order valence-corrected chi connectivity index (χ4v) is 1.35. The van der Waals surface area contributed by atoms with Gasteiger partial charge in [-0.3, -0.25) is 10.1 Å². The highest BCUT2D eigenvalue weighted by Gasteiger charge is 2.11. The van der Waals surface area contributed by atoms with Crippen LogP contribution in [0, 0.1) is 10.1 Å². The molecule has 18 heavy (non-hydrogen) atoms. The molecule has 0 aliphatic carbocycles. The molecule has 0 amide bonds. The number of nitrogen functional groups attached to an aromatic ring is 1. The molecule has 0 spiro atoms. The van der Waals surface area contributed by atoms with Crippen LogP contribution < -0.4 is 11.1 Å². The molecule has 0 saturated heterocycles. The van der Waals surface area contributed by atoms with Gasteiger partial charge in [-0.2, -0.15) is 0 Å². The van der Waals surface area contributed by atoms with Gasteiger partial charge in [0, 0.05) is 20.8 Å². The Morgan fingerprint density at radius 1 is 1.56 bits per heavy atom. The lowest BCUT2D eigenvalue weighted by Crippen LogP contribution is -2.26. The summed E-state index contributed by atoms with van der Waals surface area (Å²) in [6.45, 7) is 0.825. The van der Waals surface area contributed by atoms with Gasteiger partial charge in [0.2, 0.25) is 0 Å². The number of hydrogen-bond acceptors (Lipinski definition) is 7. The molecular weight excluding hydrogens is 240 g/mol. The Labute approximate surface area is 104 Å². The zero-order valence-corrected chi connectivity index (χ0v) is 10.3. The predicted octanol–water partition coefficient (Wildman–Crippen LogP) is 0.645. The van der Waals surface area contributed by atoms with Gasteiger partial charge in [-0.05, 0) is 0 Å². The first-order chi connectivity index (χ1) is 8.56. The van der Waals surface area contributed by atoms with Crippen LogP contribution in [0.15, 0.2) is 12.1 Å². The number of nitro groups is 1. The van der Waals surface area contributed by atoms with E-state index in [1.807, 2.05) is 0 Å². The molecule has 100 valence electrons. The van der Waals surface area contributed by atoms with E-state index in [-0.39, 0.29) is 17.6 Å². The SMILES string of the molecule is COCC(CNc1cc([N+](=O)[O-])cc(N)n1)OC. The lowest BCUT2D eigenvalue weighted by molar-refractivity contribution is -0.384. The van der Waals surface area contributed by atoms with Crippen LogP contribution in [0.4, 0.5) is 17.3 Å². The van der Waals surface area contributed by atoms with Crippen LogP contribution in [0.5, 0.6) is 0 Å². The van der Waals surface area contributed by atoms with Crippen LogP contribution >= 0.6 is 0 Å². The first-order valence-electron chi connectivity index (χ1n) is 5.24. The molecular formula is C10H16N4O4. The van der Waals surface area contributed by atoms with Crippen LogP contribution in [0.1, 0.15) is 0 Å². The third kappa shape index (κ3) is 4.15. The number of anilines is 2. The van der Waals surface area contributed by atoms with E-state index in [1.54, 1.807) is 14.2 Å². The van der Waals surface area contributed by atoms with Gasteiger partial charge in [0.25, 0.3) is 5.69 Å². The van der Waals surface area contributed by atoms with Gasteiger partial charge < -0.3 is 20.5 Å². The second-order valence-electron chi connectivity index (χ2n) is 3.59. The van der Waals surface area contributed by atoms with Crippen molar-refractivity contribution in [3.8, 4) is 0 Å². The smallest absolute Gasteiger partial charge is 0.276 e. The summed E-state index contributed by atoms with van der Waals surface area (Å²) < 4.78 is 10.1. The highest BCUT2D eigenvalue weighted by Crippen LogP contribution is 2.18. The summed E-state index contributed by atoms with van der Waals surface area (Å²) in [5.74, 6) is 0.423. The summed E-state index contributed by atoms with van der Waals surface area (Å²) in [6.07, 6.45) is -0.169. The van der Waals surface area contributed by atoms with Crippen LogP contribution in [-0.2, 0) is 9.47 Å². The monoisotopic (exact) mass is 256 g/mol. The molecule has 1 heterocycles. The minimum atomic E-state index is -0.522. The van der Waals surface area contributed by atoms with Crippen LogP contribution in [-0.4, -0.2) is 43.4 Å². The lowest BCUT2D eigenvalue weighted by atomic mass is 10.3. The number of hydrogen-bond donors (Lipinski definition) is 2. The van der Waals surface area contributed by atoms with Crippen molar-refractivity contribution in [3.05, 3.63) is 22.2 Å². The van der Waals surface area contributed by atoms with E-state index in [0.717, 1.165) is 0 Å². The number of nitrogens with one attached hydrogen (secondary N) is 1. The van der Waals surface area contributed by atoms with E-state index in [9.17, 15) is 10.1 Å². The molecule has 8 nitrogen and oxygen atoms in total. The Hall–Kier alpha value is -1.93. The highest BCUT2D eigenvalue weighted by atomic mass is 16.6. The molecule has 1 unspecified atom stereocenters. The quantitative estimate of drug-likeness (QED) is 0.543. The van der Waals surface area contributed by atoms with Gasteiger partial charge in [-0.15, -0.1) is 0 Å². The molecule has 0 aliphatic rings. The van der Waals surface area contributed by atoms with Crippen molar-refractivity contribution in [2.45, 2.75) is 6.10 Å². The Kier molecular flexibility index (Phi) is 5.28. The van der Waals surface area contributed by atoms with E-state index < -0.39 is 4.92 Å². The van der Waals surface area contributed by atoms with Gasteiger partial charge in [-0.1, -0.05) is 0 Å². The molecule has 0 aliphatic heterocycles. The fourth-order valence-electron chi connectivity index (χ4n) is 1.35. The minimum Gasteiger partial charge on any atom is -0.383 e. The van der Waals surface area contributed by atoms with Crippen molar-refractivity contribution >= 4 is 17.3 Å². The van der Waals surface area contributed by atoms with Crippen molar-refractivity contribution in [1.29, 1.82) is 0 Å². The summed E-state index contributed by atoms with van der Waals surface area (Å²) in [5.41, 5.74) is 5.38. The van der Waals surface area contributed by atoms with Gasteiger partial charge in [0.15, 0.2) is 0 Å². The largest absolute Gasteiger partial charge is 0.383 e. The molecule has 0 aromatic carbocycles. The Morgan fingerprint density at radius 2 is 2.28 bits per heavy atom. The van der Waals surface area contributed by atoms with Gasteiger partial charge in [0.05, 0.1) is 29.8 Å². The zero-order valence-electron chi connectivity index (χ0n) is 10.3. The van der Waals surface area contributed by atoms with E-state index in [4.69, 9.17) is 15.2 Å². The normalized spacial score (nSPS) is 12.1. The summed E-state index contributed by atoms with van der Waals surface area (Å²) in [5, 5.41) is 13.6. The Bertz CT molecular complexity index is 413. The fraction of sp³-hybridized carbons (Fsp3) is 0.500. The summed E-state index contributed by atoms with van der Waals surface area (Å²) in [7, 11) is 3.12. The van der Waals surface area contributed by atoms with Crippen LogP contribution in [0.2, 0.25) is 0 Å². The molecule has 1 rings (SSSR count). The number of methoxy groups -OCH3 is 2. The van der Waals surface area contributed by atoms with Crippen molar-refractivity contribution in [1.82, 2.24) is 4.98 Å². The number of nitrogens with two attached hydrogens (primary N) is 1. The highest BCUT2D eigenvalue weighted by molar-refractivity contribution is 5.52. The van der Waals surface area contributed by atoms with E-state index in [0.29, 0.717) is 19.0 Å². The summed E-state index contributed by atoms with van der Waals surface area (Å²) >= 11 is 0.